The summed E-state index contributed by atoms with van der Waals surface area (Å²) >= 11 is 0. The van der Waals surface area contributed by atoms with Crippen LogP contribution in [0.25, 0.3) is 0 Å². The maximum Gasteiger partial charge on any atom is 0.256 e. The quantitative estimate of drug-likeness (QED) is 0.897. The molecule has 1 aliphatic heterocycles. The number of carbonyl (C=O) groups is 1. The van der Waals surface area contributed by atoms with E-state index in [-0.39, 0.29) is 12.1 Å². The molecule has 0 radical (unpaired) electrons. The van der Waals surface area contributed by atoms with E-state index in [4.69, 9.17) is 4.74 Å². The number of carbonyl (C=O) groups excluding carboxylic acids is 1. The number of fused-ring (bicyclic) bond motifs is 1. The van der Waals surface area contributed by atoms with Gasteiger partial charge in [-0.3, -0.25) is 4.79 Å². The second-order valence-electron chi connectivity index (χ2n) is 4.42. The summed E-state index contributed by atoms with van der Waals surface area (Å²) in [6, 6.07) is 11.1. The number of nitrogens with zero attached hydrogens (tertiary/aromatic N) is 1. The second kappa shape index (κ2) is 5.21. The highest BCUT2D eigenvalue weighted by atomic mass is 16.5. The van der Waals surface area contributed by atoms with Gasteiger partial charge in [-0.2, -0.15) is 0 Å². The zero-order valence-electron chi connectivity index (χ0n) is 11.1. The first-order valence-electron chi connectivity index (χ1n) is 6.53. The number of nitrogens with one attached hydrogen (secondary N) is 2. The van der Waals surface area contributed by atoms with E-state index in [1.807, 2.05) is 31.2 Å². The lowest BCUT2D eigenvalue weighted by Crippen LogP contribution is -2.39. The summed E-state index contributed by atoms with van der Waals surface area (Å²) in [5.41, 5.74) is 1.44. The van der Waals surface area contributed by atoms with Gasteiger partial charge in [0.15, 0.2) is 0 Å². The van der Waals surface area contributed by atoms with Gasteiger partial charge in [-0.1, -0.05) is 18.2 Å². The van der Waals surface area contributed by atoms with Gasteiger partial charge in [0, 0.05) is 11.8 Å². The zero-order chi connectivity index (χ0) is 13.9. The Morgan fingerprint density at radius 2 is 2.05 bits per heavy atom. The molecular weight excluding hydrogens is 254 g/mol. The molecule has 1 aromatic carbocycles. The molecule has 0 fully saturated rings. The standard InChI is InChI=1S/C15H15N3O2/c1-2-20-12-8-4-3-6-10(12)14-17-13-11(15(19)18-14)7-5-9-16-13/h3-9,14H,2H2,1H3,(H,16,17)(H,18,19)/t14-/m0/s1. The highest BCUT2D eigenvalue weighted by Crippen LogP contribution is 2.29. The third-order valence-corrected chi connectivity index (χ3v) is 3.14. The highest BCUT2D eigenvalue weighted by molar-refractivity contribution is 6.00. The topological polar surface area (TPSA) is 63.2 Å². The van der Waals surface area contributed by atoms with Crippen molar-refractivity contribution in [1.82, 2.24) is 10.3 Å². The van der Waals surface area contributed by atoms with Crippen molar-refractivity contribution in [3.05, 3.63) is 53.7 Å². The molecule has 0 saturated heterocycles. The number of pyridine rings is 1. The third-order valence-electron chi connectivity index (χ3n) is 3.14. The molecule has 102 valence electrons. The van der Waals surface area contributed by atoms with Gasteiger partial charge in [0.05, 0.1) is 12.2 Å². The van der Waals surface area contributed by atoms with Crippen molar-refractivity contribution >= 4 is 11.7 Å². The number of anilines is 1. The summed E-state index contributed by atoms with van der Waals surface area (Å²) < 4.78 is 5.60. The van der Waals surface area contributed by atoms with Gasteiger partial charge in [-0.05, 0) is 25.1 Å². The Labute approximate surface area is 117 Å². The van der Waals surface area contributed by atoms with Crippen molar-refractivity contribution in [3.63, 3.8) is 0 Å². The van der Waals surface area contributed by atoms with Gasteiger partial charge < -0.3 is 15.4 Å². The van der Waals surface area contributed by atoms with Crippen molar-refractivity contribution in [2.75, 3.05) is 11.9 Å². The lowest BCUT2D eigenvalue weighted by Gasteiger charge is -2.28. The maximum atomic E-state index is 12.1. The smallest absolute Gasteiger partial charge is 0.256 e. The predicted molar refractivity (Wildman–Crippen MR) is 75.7 cm³/mol. The molecular formula is C15H15N3O2. The van der Waals surface area contributed by atoms with Crippen LogP contribution < -0.4 is 15.4 Å². The summed E-state index contributed by atoms with van der Waals surface area (Å²) in [5.74, 6) is 1.21. The first kappa shape index (κ1) is 12.5. The molecule has 2 aromatic rings. The van der Waals surface area contributed by atoms with E-state index in [9.17, 15) is 4.79 Å². The van der Waals surface area contributed by atoms with Crippen LogP contribution in [0.4, 0.5) is 5.82 Å². The van der Waals surface area contributed by atoms with E-state index in [1.165, 1.54) is 0 Å². The van der Waals surface area contributed by atoms with Gasteiger partial charge >= 0.3 is 0 Å². The summed E-state index contributed by atoms with van der Waals surface area (Å²) in [6.07, 6.45) is 1.32. The van der Waals surface area contributed by atoms with Gasteiger partial charge in [0.25, 0.3) is 5.91 Å². The largest absolute Gasteiger partial charge is 0.493 e. The number of benzene rings is 1. The van der Waals surface area contributed by atoms with Gasteiger partial charge in [-0.25, -0.2) is 4.98 Å². The average molecular weight is 269 g/mol. The number of para-hydroxylation sites is 1. The van der Waals surface area contributed by atoms with E-state index < -0.39 is 0 Å². The maximum absolute atomic E-state index is 12.1. The molecule has 5 heteroatoms. The van der Waals surface area contributed by atoms with Crippen LogP contribution in [-0.2, 0) is 0 Å². The van der Waals surface area contributed by atoms with Gasteiger partial charge in [0.1, 0.15) is 17.7 Å². The first-order valence-corrected chi connectivity index (χ1v) is 6.53. The van der Waals surface area contributed by atoms with E-state index >= 15 is 0 Å². The minimum atomic E-state index is -0.340. The molecule has 1 amide bonds. The fourth-order valence-electron chi connectivity index (χ4n) is 2.25. The minimum Gasteiger partial charge on any atom is -0.493 e. The molecule has 1 atom stereocenters. The van der Waals surface area contributed by atoms with Gasteiger partial charge in [0.2, 0.25) is 0 Å². The Morgan fingerprint density at radius 3 is 2.90 bits per heavy atom. The van der Waals surface area contributed by atoms with Crippen LogP contribution >= 0.6 is 0 Å². The number of hydrogen-bond acceptors (Lipinski definition) is 4. The molecule has 2 N–H and O–H groups in total. The Morgan fingerprint density at radius 1 is 1.20 bits per heavy atom. The lowest BCUT2D eigenvalue weighted by molar-refractivity contribution is 0.0934. The number of ether oxygens (including phenoxy) is 1. The lowest BCUT2D eigenvalue weighted by atomic mass is 10.1. The molecule has 2 heterocycles. The highest BCUT2D eigenvalue weighted by Gasteiger charge is 2.26. The summed E-state index contributed by atoms with van der Waals surface area (Å²) in [6.45, 7) is 2.51. The van der Waals surface area contributed by atoms with Crippen LogP contribution in [0.3, 0.4) is 0 Å². The fraction of sp³-hybridized carbons (Fsp3) is 0.200. The van der Waals surface area contributed by atoms with Crippen molar-refractivity contribution < 1.29 is 9.53 Å². The SMILES string of the molecule is CCOc1ccccc1[C@@H]1NC(=O)c2cccnc2N1. The molecule has 1 aromatic heterocycles. The van der Waals surface area contributed by atoms with E-state index in [2.05, 4.69) is 15.6 Å². The molecule has 20 heavy (non-hydrogen) atoms. The van der Waals surface area contributed by atoms with Crippen LogP contribution in [0.5, 0.6) is 5.75 Å². The third kappa shape index (κ3) is 2.18. The summed E-state index contributed by atoms with van der Waals surface area (Å²) in [7, 11) is 0. The molecule has 3 rings (SSSR count). The number of amides is 1. The molecule has 0 unspecified atom stereocenters. The molecule has 0 spiro atoms. The van der Waals surface area contributed by atoms with Gasteiger partial charge in [-0.15, -0.1) is 0 Å². The fourth-order valence-corrected chi connectivity index (χ4v) is 2.25. The minimum absolute atomic E-state index is 0.136. The molecule has 1 aliphatic rings. The van der Waals surface area contributed by atoms with Crippen molar-refractivity contribution in [3.8, 4) is 5.75 Å². The van der Waals surface area contributed by atoms with Crippen LogP contribution in [0.1, 0.15) is 29.0 Å². The number of hydrogen-bond donors (Lipinski definition) is 2. The van der Waals surface area contributed by atoms with E-state index in [1.54, 1.807) is 18.3 Å². The van der Waals surface area contributed by atoms with Crippen LogP contribution in [-0.4, -0.2) is 17.5 Å². The molecule has 0 saturated carbocycles. The summed E-state index contributed by atoms with van der Waals surface area (Å²) in [5, 5.41) is 6.14. The molecule has 0 aliphatic carbocycles. The van der Waals surface area contributed by atoms with E-state index in [0.717, 1.165) is 11.3 Å². The number of aromatic nitrogens is 1. The van der Waals surface area contributed by atoms with Crippen LogP contribution in [0, 0.1) is 0 Å². The predicted octanol–water partition coefficient (Wildman–Crippen LogP) is 2.33. The Balaban J connectivity index is 1.96. The Bertz CT molecular complexity index is 643. The van der Waals surface area contributed by atoms with Crippen LogP contribution in [0.2, 0.25) is 0 Å². The van der Waals surface area contributed by atoms with Crippen molar-refractivity contribution in [1.29, 1.82) is 0 Å². The Kier molecular flexibility index (Phi) is 3.25. The normalized spacial score (nSPS) is 16.9. The molecule has 5 nitrogen and oxygen atoms in total. The average Bonchev–Trinajstić information content (AvgIpc) is 2.48. The monoisotopic (exact) mass is 269 g/mol. The summed E-state index contributed by atoms with van der Waals surface area (Å²) in [4.78, 5) is 16.3. The first-order chi connectivity index (χ1) is 9.79. The Hall–Kier alpha value is -2.56. The van der Waals surface area contributed by atoms with Crippen molar-refractivity contribution in [2.24, 2.45) is 0 Å². The second-order valence-corrected chi connectivity index (χ2v) is 4.42. The molecule has 0 bridgehead atoms. The van der Waals surface area contributed by atoms with Crippen LogP contribution in [0.15, 0.2) is 42.6 Å². The van der Waals surface area contributed by atoms with E-state index in [0.29, 0.717) is 18.0 Å². The van der Waals surface area contributed by atoms with Crippen molar-refractivity contribution in [2.45, 2.75) is 13.1 Å². The zero-order valence-corrected chi connectivity index (χ0v) is 11.1. The number of rotatable bonds is 3.